The van der Waals surface area contributed by atoms with E-state index in [0.29, 0.717) is 0 Å². The second-order valence-electron chi connectivity index (χ2n) is 3.91. The van der Waals surface area contributed by atoms with E-state index in [9.17, 15) is 0 Å². The van der Waals surface area contributed by atoms with Crippen molar-refractivity contribution in [3.05, 3.63) is 29.3 Å². The van der Waals surface area contributed by atoms with Gasteiger partial charge in [0.1, 0.15) is 0 Å². The Bertz CT molecular complexity index is 304. The van der Waals surface area contributed by atoms with Gasteiger partial charge in [0.15, 0.2) is 0 Å². The van der Waals surface area contributed by atoms with Crippen LogP contribution in [0.1, 0.15) is 36.8 Å². The van der Waals surface area contributed by atoms with E-state index in [4.69, 9.17) is 0 Å². The molecule has 0 fully saturated rings. The van der Waals surface area contributed by atoms with Crippen LogP contribution in [0.25, 0.3) is 0 Å². The van der Waals surface area contributed by atoms with Gasteiger partial charge in [0.2, 0.25) is 0 Å². The van der Waals surface area contributed by atoms with Crippen LogP contribution in [0.3, 0.4) is 0 Å². The minimum absolute atomic E-state index is 0.750. The second kappa shape index (κ2) is 3.41. The molecule has 0 amide bonds. The molecule has 0 saturated heterocycles. The maximum absolute atomic E-state index is 3.50. The molecule has 2 rings (SSSR count). The lowest BCUT2D eigenvalue weighted by atomic mass is 9.95. The average molecular weight is 175 g/mol. The first-order chi connectivity index (χ1) is 6.33. The van der Waals surface area contributed by atoms with E-state index in [1.807, 2.05) is 0 Å². The summed E-state index contributed by atoms with van der Waals surface area (Å²) in [7, 11) is 0. The fourth-order valence-electron chi connectivity index (χ4n) is 2.21. The third-order valence-electron chi connectivity index (χ3n) is 2.91. The van der Waals surface area contributed by atoms with Crippen molar-refractivity contribution < 1.29 is 0 Å². The zero-order chi connectivity index (χ0) is 9.26. The molecule has 0 saturated carbocycles. The van der Waals surface area contributed by atoms with Gasteiger partial charge in [-0.2, -0.15) is 0 Å². The predicted octanol–water partition coefficient (Wildman–Crippen LogP) is 3.30. The molecule has 0 unspecified atom stereocenters. The van der Waals surface area contributed by atoms with E-state index in [2.05, 4.69) is 37.4 Å². The van der Waals surface area contributed by atoms with Crippen LogP contribution in [0.2, 0.25) is 0 Å². The van der Waals surface area contributed by atoms with E-state index < -0.39 is 0 Å². The molecule has 1 heterocycles. The summed E-state index contributed by atoms with van der Waals surface area (Å²) in [5, 5.41) is 3.50. The van der Waals surface area contributed by atoms with Gasteiger partial charge >= 0.3 is 0 Å². The van der Waals surface area contributed by atoms with E-state index >= 15 is 0 Å². The SMILES string of the molecule is CCC[C@@H]1CNc2c(C)cccc21. The van der Waals surface area contributed by atoms with Crippen molar-refractivity contribution in [1.29, 1.82) is 0 Å². The Hall–Kier alpha value is -0.980. The summed E-state index contributed by atoms with van der Waals surface area (Å²) >= 11 is 0. The smallest absolute Gasteiger partial charge is 0.0406 e. The van der Waals surface area contributed by atoms with Crippen molar-refractivity contribution in [2.75, 3.05) is 11.9 Å². The van der Waals surface area contributed by atoms with Gasteiger partial charge in [-0.3, -0.25) is 0 Å². The highest BCUT2D eigenvalue weighted by Gasteiger charge is 2.21. The number of hydrogen-bond acceptors (Lipinski definition) is 1. The second-order valence-corrected chi connectivity index (χ2v) is 3.91. The van der Waals surface area contributed by atoms with Crippen LogP contribution in [0.4, 0.5) is 5.69 Å². The Morgan fingerprint density at radius 2 is 2.31 bits per heavy atom. The van der Waals surface area contributed by atoms with Gasteiger partial charge in [-0.25, -0.2) is 0 Å². The van der Waals surface area contributed by atoms with Crippen molar-refractivity contribution in [2.45, 2.75) is 32.6 Å². The molecule has 13 heavy (non-hydrogen) atoms. The van der Waals surface area contributed by atoms with Gasteiger partial charge in [0.25, 0.3) is 0 Å². The third-order valence-corrected chi connectivity index (χ3v) is 2.91. The summed E-state index contributed by atoms with van der Waals surface area (Å²) in [5.74, 6) is 0.750. The molecule has 70 valence electrons. The maximum Gasteiger partial charge on any atom is 0.0406 e. The van der Waals surface area contributed by atoms with E-state index in [0.717, 1.165) is 12.5 Å². The number of hydrogen-bond donors (Lipinski definition) is 1. The monoisotopic (exact) mass is 175 g/mol. The number of benzene rings is 1. The molecule has 0 bridgehead atoms. The average Bonchev–Trinajstić information content (AvgIpc) is 2.51. The van der Waals surface area contributed by atoms with Crippen LogP contribution in [-0.2, 0) is 0 Å². The number of nitrogens with one attached hydrogen (secondary N) is 1. The molecule has 1 aliphatic heterocycles. The van der Waals surface area contributed by atoms with Crippen molar-refractivity contribution in [3.63, 3.8) is 0 Å². The van der Waals surface area contributed by atoms with Crippen molar-refractivity contribution >= 4 is 5.69 Å². The van der Waals surface area contributed by atoms with Crippen LogP contribution < -0.4 is 5.32 Å². The summed E-state index contributed by atoms with van der Waals surface area (Å²) in [4.78, 5) is 0. The lowest BCUT2D eigenvalue weighted by Crippen LogP contribution is -2.00. The first-order valence-corrected chi connectivity index (χ1v) is 5.16. The number of para-hydroxylation sites is 1. The number of rotatable bonds is 2. The standard InChI is InChI=1S/C12H17N/c1-3-5-10-8-13-12-9(2)6-4-7-11(10)12/h4,6-7,10,13H,3,5,8H2,1-2H3/t10-/m1/s1. The van der Waals surface area contributed by atoms with Crippen molar-refractivity contribution in [1.82, 2.24) is 0 Å². The predicted molar refractivity (Wildman–Crippen MR) is 57.3 cm³/mol. The number of anilines is 1. The molecule has 0 spiro atoms. The first-order valence-electron chi connectivity index (χ1n) is 5.16. The van der Waals surface area contributed by atoms with E-state index in [-0.39, 0.29) is 0 Å². The lowest BCUT2D eigenvalue weighted by molar-refractivity contribution is 0.661. The van der Waals surface area contributed by atoms with Gasteiger partial charge < -0.3 is 5.32 Å². The molecular weight excluding hydrogens is 158 g/mol. The van der Waals surface area contributed by atoms with Crippen LogP contribution in [0, 0.1) is 6.92 Å². The van der Waals surface area contributed by atoms with E-state index in [1.54, 1.807) is 0 Å². The molecule has 1 aliphatic rings. The van der Waals surface area contributed by atoms with Gasteiger partial charge in [-0.05, 0) is 24.5 Å². The Labute approximate surface area is 80.2 Å². The molecule has 1 nitrogen and oxygen atoms in total. The van der Waals surface area contributed by atoms with Crippen LogP contribution >= 0.6 is 0 Å². The maximum atomic E-state index is 3.50. The zero-order valence-corrected chi connectivity index (χ0v) is 8.43. The van der Waals surface area contributed by atoms with Gasteiger partial charge in [-0.1, -0.05) is 31.5 Å². The summed E-state index contributed by atoms with van der Waals surface area (Å²) in [6.07, 6.45) is 2.59. The fourth-order valence-corrected chi connectivity index (χ4v) is 2.21. The molecule has 0 radical (unpaired) electrons. The van der Waals surface area contributed by atoms with E-state index in [1.165, 1.54) is 29.7 Å². The molecule has 0 aromatic heterocycles. The highest BCUT2D eigenvalue weighted by molar-refractivity contribution is 5.62. The largest absolute Gasteiger partial charge is 0.384 e. The Morgan fingerprint density at radius 1 is 1.46 bits per heavy atom. The van der Waals surface area contributed by atoms with Gasteiger partial charge in [0, 0.05) is 18.2 Å². The Kier molecular flexibility index (Phi) is 2.26. The first kappa shape index (κ1) is 8.61. The number of aryl methyl sites for hydroxylation is 1. The Morgan fingerprint density at radius 3 is 3.08 bits per heavy atom. The fraction of sp³-hybridized carbons (Fsp3) is 0.500. The van der Waals surface area contributed by atoms with Gasteiger partial charge in [0.05, 0.1) is 0 Å². The molecule has 1 heteroatoms. The lowest BCUT2D eigenvalue weighted by Gasteiger charge is -2.08. The molecule has 1 N–H and O–H groups in total. The third kappa shape index (κ3) is 1.43. The molecule has 1 aromatic carbocycles. The summed E-state index contributed by atoms with van der Waals surface area (Å²) < 4.78 is 0. The van der Waals surface area contributed by atoms with Crippen LogP contribution in [0.15, 0.2) is 18.2 Å². The van der Waals surface area contributed by atoms with Crippen molar-refractivity contribution in [2.24, 2.45) is 0 Å². The highest BCUT2D eigenvalue weighted by Crippen LogP contribution is 2.36. The number of fused-ring (bicyclic) bond motifs is 1. The summed E-state index contributed by atoms with van der Waals surface area (Å²) in [6.45, 7) is 5.57. The molecule has 1 aromatic rings. The minimum Gasteiger partial charge on any atom is -0.384 e. The molecular formula is C12H17N. The van der Waals surface area contributed by atoms with Crippen molar-refractivity contribution in [3.8, 4) is 0 Å². The quantitative estimate of drug-likeness (QED) is 0.727. The minimum atomic E-state index is 0.750. The zero-order valence-electron chi connectivity index (χ0n) is 8.43. The van der Waals surface area contributed by atoms with Gasteiger partial charge in [-0.15, -0.1) is 0 Å². The van der Waals surface area contributed by atoms with Crippen LogP contribution in [-0.4, -0.2) is 6.54 Å². The summed E-state index contributed by atoms with van der Waals surface area (Å²) in [6, 6.07) is 6.62. The summed E-state index contributed by atoms with van der Waals surface area (Å²) in [5.41, 5.74) is 4.30. The van der Waals surface area contributed by atoms with Crippen LogP contribution in [0.5, 0.6) is 0 Å². The normalized spacial score (nSPS) is 19.7. The molecule has 0 aliphatic carbocycles. The highest BCUT2D eigenvalue weighted by atomic mass is 14.9. The topological polar surface area (TPSA) is 12.0 Å². The Balaban J connectivity index is 2.32. The molecule has 1 atom stereocenters.